The van der Waals surface area contributed by atoms with Gasteiger partial charge in [-0.25, -0.2) is 0 Å². The monoisotopic (exact) mass is 144 g/mol. The van der Waals surface area contributed by atoms with Crippen LogP contribution < -0.4 is 5.56 Å². The topological polar surface area (TPSA) is 45.8 Å². The molecular formula is C5H8N2OS. The number of hydrogen-bond donors (Lipinski definition) is 1. The van der Waals surface area contributed by atoms with E-state index in [0.29, 0.717) is 5.69 Å². The van der Waals surface area contributed by atoms with E-state index in [1.165, 1.54) is 0 Å². The number of nitrogens with zero attached hydrogens (tertiary/aromatic N) is 1. The number of hydrogen-bond acceptors (Lipinski definition) is 3. The first kappa shape index (κ1) is 6.48. The molecule has 0 radical (unpaired) electrons. The zero-order valence-electron chi connectivity index (χ0n) is 5.18. The Labute approximate surface area is 57.0 Å². The minimum atomic E-state index is -0.0261. The highest BCUT2D eigenvalue weighted by molar-refractivity contribution is 6.99. The largest absolute Gasteiger partial charge is 0.281 e. The molecule has 0 aliphatic heterocycles. The number of rotatable bonds is 2. The van der Waals surface area contributed by atoms with Crippen molar-refractivity contribution in [3.8, 4) is 0 Å². The van der Waals surface area contributed by atoms with E-state index >= 15 is 0 Å². The molecule has 0 fully saturated rings. The highest BCUT2D eigenvalue weighted by Gasteiger charge is 1.98. The van der Waals surface area contributed by atoms with Crippen LogP contribution in [0.3, 0.4) is 0 Å². The van der Waals surface area contributed by atoms with Gasteiger partial charge >= 0.3 is 0 Å². The molecule has 50 valence electrons. The third-order valence-electron chi connectivity index (χ3n) is 1.04. The lowest BCUT2D eigenvalue weighted by Gasteiger charge is -1.82. The molecule has 0 saturated carbocycles. The van der Waals surface area contributed by atoms with Crippen molar-refractivity contribution in [2.75, 3.05) is 0 Å². The Morgan fingerprint density at radius 3 is 3.00 bits per heavy atom. The minimum absolute atomic E-state index is 0.0261. The van der Waals surface area contributed by atoms with Crippen molar-refractivity contribution in [1.29, 1.82) is 0 Å². The number of aromatic nitrogens is 2. The first-order valence-electron chi connectivity index (χ1n) is 2.88. The quantitative estimate of drug-likeness (QED) is 0.666. The maximum absolute atomic E-state index is 10.7. The summed E-state index contributed by atoms with van der Waals surface area (Å²) in [5.74, 6) is 0. The normalized spacial score (nSPS) is 9.89. The molecule has 0 aliphatic carbocycles. The average molecular weight is 144 g/mol. The highest BCUT2D eigenvalue weighted by Crippen LogP contribution is 1.91. The molecule has 0 amide bonds. The summed E-state index contributed by atoms with van der Waals surface area (Å²) in [6.45, 7) is 2.03. The van der Waals surface area contributed by atoms with E-state index in [-0.39, 0.29) is 5.56 Å². The van der Waals surface area contributed by atoms with Crippen LogP contribution in [0.15, 0.2) is 4.79 Å². The molecule has 0 unspecified atom stereocenters. The molecule has 1 N–H and O–H groups in total. The van der Waals surface area contributed by atoms with E-state index in [9.17, 15) is 4.79 Å². The Morgan fingerprint density at radius 2 is 2.56 bits per heavy atom. The van der Waals surface area contributed by atoms with E-state index in [1.807, 2.05) is 6.92 Å². The van der Waals surface area contributed by atoms with Crippen molar-refractivity contribution < 1.29 is 0 Å². The molecule has 1 rings (SSSR count). The van der Waals surface area contributed by atoms with Gasteiger partial charge in [-0.1, -0.05) is 13.3 Å². The van der Waals surface area contributed by atoms with Crippen molar-refractivity contribution in [2.45, 2.75) is 19.8 Å². The predicted molar refractivity (Wildman–Crippen MR) is 36.7 cm³/mol. The average Bonchev–Trinajstić information content (AvgIpc) is 2.18. The number of aryl methyl sites for hydroxylation is 1. The SMILES string of the molecule is CCCc1ns[nH]c1=O. The zero-order valence-corrected chi connectivity index (χ0v) is 5.99. The van der Waals surface area contributed by atoms with Crippen molar-refractivity contribution in [3.05, 3.63) is 16.0 Å². The van der Waals surface area contributed by atoms with Gasteiger partial charge in [0.1, 0.15) is 5.69 Å². The van der Waals surface area contributed by atoms with Gasteiger partial charge in [-0.05, 0) is 6.42 Å². The minimum Gasteiger partial charge on any atom is -0.267 e. The standard InChI is InChI=1S/C5H8N2OS/c1-2-3-4-5(8)7-9-6-4/h2-3H2,1H3,(H,7,8). The van der Waals surface area contributed by atoms with Gasteiger partial charge < -0.3 is 0 Å². The fourth-order valence-electron chi connectivity index (χ4n) is 0.616. The van der Waals surface area contributed by atoms with Gasteiger partial charge in [-0.15, -0.1) is 0 Å². The van der Waals surface area contributed by atoms with Gasteiger partial charge in [0.15, 0.2) is 0 Å². The van der Waals surface area contributed by atoms with E-state index in [4.69, 9.17) is 0 Å². The van der Waals surface area contributed by atoms with E-state index in [1.54, 1.807) is 0 Å². The van der Waals surface area contributed by atoms with E-state index in [0.717, 1.165) is 24.6 Å². The maximum Gasteiger partial charge on any atom is 0.281 e. The van der Waals surface area contributed by atoms with Crippen LogP contribution >= 0.6 is 11.7 Å². The van der Waals surface area contributed by atoms with Crippen LogP contribution in [0.2, 0.25) is 0 Å². The molecule has 0 spiro atoms. The van der Waals surface area contributed by atoms with Crippen LogP contribution in [0, 0.1) is 0 Å². The first-order valence-corrected chi connectivity index (χ1v) is 3.65. The van der Waals surface area contributed by atoms with Crippen LogP contribution in [0.1, 0.15) is 19.0 Å². The van der Waals surface area contributed by atoms with Gasteiger partial charge in [-0.3, -0.25) is 9.17 Å². The molecule has 0 atom stereocenters. The van der Waals surface area contributed by atoms with Crippen LogP contribution in [0.25, 0.3) is 0 Å². The molecule has 9 heavy (non-hydrogen) atoms. The second kappa shape index (κ2) is 2.77. The molecule has 3 nitrogen and oxygen atoms in total. The Bertz CT molecular complexity index is 227. The molecule has 0 aromatic carbocycles. The van der Waals surface area contributed by atoms with Crippen LogP contribution in [0.4, 0.5) is 0 Å². The summed E-state index contributed by atoms with van der Waals surface area (Å²) in [5.41, 5.74) is 0.643. The van der Waals surface area contributed by atoms with Crippen molar-refractivity contribution in [1.82, 2.24) is 8.75 Å². The number of aromatic amines is 1. The summed E-state index contributed by atoms with van der Waals surface area (Å²) in [6, 6.07) is 0. The lowest BCUT2D eigenvalue weighted by Crippen LogP contribution is -2.05. The lowest BCUT2D eigenvalue weighted by atomic mass is 10.3. The summed E-state index contributed by atoms with van der Waals surface area (Å²) < 4.78 is 6.41. The van der Waals surface area contributed by atoms with Crippen LogP contribution in [-0.4, -0.2) is 8.75 Å². The maximum atomic E-state index is 10.7. The molecule has 1 aromatic heterocycles. The summed E-state index contributed by atoms with van der Waals surface area (Å²) in [4.78, 5) is 10.7. The Kier molecular flexibility index (Phi) is 2.00. The van der Waals surface area contributed by atoms with Gasteiger partial charge in [0.25, 0.3) is 5.56 Å². The number of H-pyrrole nitrogens is 1. The summed E-state index contributed by atoms with van der Waals surface area (Å²) in [7, 11) is 0. The molecule has 1 aromatic rings. The van der Waals surface area contributed by atoms with Gasteiger partial charge in [0.2, 0.25) is 0 Å². The van der Waals surface area contributed by atoms with Gasteiger partial charge in [0.05, 0.1) is 0 Å². The van der Waals surface area contributed by atoms with Crippen LogP contribution in [-0.2, 0) is 6.42 Å². The van der Waals surface area contributed by atoms with Gasteiger partial charge in [-0.2, -0.15) is 4.37 Å². The molecule has 0 bridgehead atoms. The Balaban J connectivity index is 2.81. The third kappa shape index (κ3) is 1.38. The van der Waals surface area contributed by atoms with Gasteiger partial charge in [0, 0.05) is 11.7 Å². The highest BCUT2D eigenvalue weighted by atomic mass is 32.1. The molecule has 1 heterocycles. The lowest BCUT2D eigenvalue weighted by molar-refractivity contribution is 0.887. The van der Waals surface area contributed by atoms with Crippen LogP contribution in [0.5, 0.6) is 0 Å². The van der Waals surface area contributed by atoms with E-state index < -0.39 is 0 Å². The van der Waals surface area contributed by atoms with Crippen molar-refractivity contribution in [2.24, 2.45) is 0 Å². The predicted octanol–water partition coefficient (Wildman–Crippen LogP) is 0.784. The molecular weight excluding hydrogens is 136 g/mol. The second-order valence-electron chi connectivity index (χ2n) is 1.81. The summed E-state index contributed by atoms with van der Waals surface area (Å²) in [5, 5.41) is 0. The second-order valence-corrected chi connectivity index (χ2v) is 2.38. The summed E-state index contributed by atoms with van der Waals surface area (Å²) >= 11 is 1.12. The Hall–Kier alpha value is -0.640. The molecule has 4 heteroatoms. The van der Waals surface area contributed by atoms with Crippen molar-refractivity contribution >= 4 is 11.7 Å². The molecule has 0 aliphatic rings. The van der Waals surface area contributed by atoms with E-state index in [2.05, 4.69) is 8.75 Å². The Morgan fingerprint density at radius 1 is 1.78 bits per heavy atom. The zero-order chi connectivity index (χ0) is 6.69. The third-order valence-corrected chi connectivity index (χ3v) is 1.63. The fourth-order valence-corrected chi connectivity index (χ4v) is 1.15. The molecule has 0 saturated heterocycles. The smallest absolute Gasteiger partial charge is 0.267 e. The fraction of sp³-hybridized carbons (Fsp3) is 0.600. The number of nitrogens with one attached hydrogen (secondary N) is 1. The van der Waals surface area contributed by atoms with Crippen molar-refractivity contribution in [3.63, 3.8) is 0 Å². The summed E-state index contributed by atoms with van der Waals surface area (Å²) in [6.07, 6.45) is 1.77. The first-order chi connectivity index (χ1) is 4.34.